The fourth-order valence-corrected chi connectivity index (χ4v) is 0.699. The van der Waals surface area contributed by atoms with Crippen molar-refractivity contribution in [2.45, 2.75) is 26.7 Å². The molecule has 0 N–H and O–H groups in total. The summed E-state index contributed by atoms with van der Waals surface area (Å²) >= 11 is 0. The number of unbranched alkanes of at least 4 members (excludes halogenated alkanes) is 1. The van der Waals surface area contributed by atoms with Crippen LogP contribution >= 0.6 is 0 Å². The Labute approximate surface area is 77.0 Å². The Kier molecular flexibility index (Phi) is 6.37. The number of hydrogen-bond acceptors (Lipinski definition) is 3. The molecule has 0 aromatic carbocycles. The van der Waals surface area contributed by atoms with Crippen LogP contribution in [0.2, 0.25) is 0 Å². The molecule has 0 aliphatic rings. The van der Waals surface area contributed by atoms with Crippen molar-refractivity contribution in [1.29, 1.82) is 0 Å². The van der Waals surface area contributed by atoms with Crippen molar-refractivity contribution in [1.82, 2.24) is 0 Å². The molecule has 0 rings (SSSR count). The molecule has 5 nitrogen and oxygen atoms in total. The van der Waals surface area contributed by atoms with E-state index < -0.39 is 5.97 Å². The molecule has 72 valence electrons. The van der Waals surface area contributed by atoms with Crippen molar-refractivity contribution in [3.8, 4) is 0 Å². The van der Waals surface area contributed by atoms with Gasteiger partial charge in [-0.05, 0) is 18.9 Å². The highest BCUT2D eigenvalue weighted by atomic mass is 16.5. The second-order valence-electron chi connectivity index (χ2n) is 2.29. The van der Waals surface area contributed by atoms with E-state index in [1.165, 1.54) is 0 Å². The Hall–Kier alpha value is -1.48. The minimum Gasteiger partial charge on any atom is -0.462 e. The third kappa shape index (κ3) is 4.87. The van der Waals surface area contributed by atoms with Gasteiger partial charge in [-0.2, -0.15) is 0 Å². The highest BCUT2D eigenvalue weighted by Crippen LogP contribution is 2.04. The Morgan fingerprint density at radius 2 is 2.31 bits per heavy atom. The van der Waals surface area contributed by atoms with E-state index in [9.17, 15) is 4.79 Å². The van der Waals surface area contributed by atoms with E-state index in [2.05, 4.69) is 14.8 Å². The second-order valence-corrected chi connectivity index (χ2v) is 2.29. The van der Waals surface area contributed by atoms with E-state index in [4.69, 9.17) is 5.53 Å². The van der Waals surface area contributed by atoms with Gasteiger partial charge in [0.15, 0.2) is 0 Å². The molecular weight excluding hydrogens is 170 g/mol. The summed E-state index contributed by atoms with van der Waals surface area (Å²) in [5, 5.41) is 3.25. The van der Waals surface area contributed by atoms with Crippen molar-refractivity contribution in [3.63, 3.8) is 0 Å². The number of hydrogen-bond donors (Lipinski definition) is 0. The van der Waals surface area contributed by atoms with Crippen LogP contribution in [0.4, 0.5) is 0 Å². The van der Waals surface area contributed by atoms with Crippen LogP contribution in [-0.4, -0.2) is 12.6 Å². The van der Waals surface area contributed by atoms with Crippen molar-refractivity contribution < 1.29 is 9.53 Å². The predicted octanol–water partition coefficient (Wildman–Crippen LogP) is 2.54. The smallest absolute Gasteiger partial charge is 0.340 e. The molecule has 0 heterocycles. The van der Waals surface area contributed by atoms with Crippen LogP contribution in [0, 0.1) is 0 Å². The first-order valence-electron chi connectivity index (χ1n) is 4.18. The second kappa shape index (κ2) is 7.18. The largest absolute Gasteiger partial charge is 0.462 e. The van der Waals surface area contributed by atoms with Gasteiger partial charge in [0.25, 0.3) is 0 Å². The Morgan fingerprint density at radius 1 is 1.62 bits per heavy atom. The molecule has 0 atom stereocenters. The average Bonchev–Trinajstić information content (AvgIpc) is 2.12. The van der Waals surface area contributed by atoms with Gasteiger partial charge < -0.3 is 4.74 Å². The van der Waals surface area contributed by atoms with Crippen LogP contribution < -0.4 is 0 Å². The zero-order valence-corrected chi connectivity index (χ0v) is 7.86. The minimum atomic E-state index is -0.561. The lowest BCUT2D eigenvalue weighted by molar-refractivity contribution is -0.138. The summed E-state index contributed by atoms with van der Waals surface area (Å²) in [5.74, 6) is -0.561. The summed E-state index contributed by atoms with van der Waals surface area (Å²) in [6.45, 7) is 3.95. The van der Waals surface area contributed by atoms with Gasteiger partial charge in [-0.1, -0.05) is 24.5 Å². The van der Waals surface area contributed by atoms with Crippen molar-refractivity contribution in [2.24, 2.45) is 5.11 Å². The summed E-state index contributed by atoms with van der Waals surface area (Å²) in [6.07, 6.45) is 3.18. The first-order valence-corrected chi connectivity index (χ1v) is 4.18. The molecule has 0 bridgehead atoms. The lowest BCUT2D eigenvalue weighted by Crippen LogP contribution is -2.05. The van der Waals surface area contributed by atoms with Gasteiger partial charge in [0.1, 0.15) is 5.70 Å². The topological polar surface area (TPSA) is 75.1 Å². The third-order valence-corrected chi connectivity index (χ3v) is 1.26. The summed E-state index contributed by atoms with van der Waals surface area (Å²) < 4.78 is 4.68. The summed E-state index contributed by atoms with van der Waals surface area (Å²) in [4.78, 5) is 13.6. The molecule has 0 fully saturated rings. The summed E-state index contributed by atoms with van der Waals surface area (Å²) in [6, 6.07) is 0. The normalized spacial score (nSPS) is 10.5. The van der Waals surface area contributed by atoms with Crippen molar-refractivity contribution in [3.05, 3.63) is 22.2 Å². The van der Waals surface area contributed by atoms with Gasteiger partial charge in [-0.15, -0.1) is 0 Å². The third-order valence-electron chi connectivity index (χ3n) is 1.26. The van der Waals surface area contributed by atoms with E-state index >= 15 is 0 Å². The first kappa shape index (κ1) is 11.5. The predicted molar refractivity (Wildman–Crippen MR) is 48.8 cm³/mol. The van der Waals surface area contributed by atoms with Gasteiger partial charge in [0, 0.05) is 4.91 Å². The van der Waals surface area contributed by atoms with E-state index in [0.717, 1.165) is 6.42 Å². The molecule has 0 unspecified atom stereocenters. The zero-order valence-electron chi connectivity index (χ0n) is 7.86. The van der Waals surface area contributed by atoms with Gasteiger partial charge in [0.05, 0.1) is 6.61 Å². The van der Waals surface area contributed by atoms with Gasteiger partial charge >= 0.3 is 5.97 Å². The number of allylic oxidation sites excluding steroid dienone is 1. The SMILES string of the molecule is CCC/C=C(\N=[N+]=[N-])C(=O)OCC. The zero-order chi connectivity index (χ0) is 10.1. The Balaban J connectivity index is 4.40. The van der Waals surface area contributed by atoms with Gasteiger partial charge in [-0.3, -0.25) is 0 Å². The van der Waals surface area contributed by atoms with Crippen molar-refractivity contribution >= 4 is 5.97 Å². The number of ether oxygens (including phenoxy) is 1. The first-order chi connectivity index (χ1) is 6.26. The number of azide groups is 1. The molecule has 0 spiro atoms. The lowest BCUT2D eigenvalue weighted by atomic mass is 10.3. The molecule has 0 aromatic rings. The Bertz CT molecular complexity index is 242. The molecule has 5 heteroatoms. The van der Waals surface area contributed by atoms with Gasteiger partial charge in [0.2, 0.25) is 0 Å². The molecule has 0 aliphatic heterocycles. The van der Waals surface area contributed by atoms with Crippen LogP contribution in [0.25, 0.3) is 10.4 Å². The molecule has 0 saturated carbocycles. The fraction of sp³-hybridized carbons (Fsp3) is 0.625. The van der Waals surface area contributed by atoms with Gasteiger partial charge in [-0.25, -0.2) is 4.79 Å². The van der Waals surface area contributed by atoms with Crippen LogP contribution in [0.3, 0.4) is 0 Å². The highest BCUT2D eigenvalue weighted by Gasteiger charge is 2.06. The summed E-state index contributed by atoms with van der Waals surface area (Å²) in [7, 11) is 0. The van der Waals surface area contributed by atoms with Crippen LogP contribution in [0.1, 0.15) is 26.7 Å². The Morgan fingerprint density at radius 3 is 2.77 bits per heavy atom. The maximum atomic E-state index is 11.1. The van der Waals surface area contributed by atoms with Crippen LogP contribution in [-0.2, 0) is 9.53 Å². The van der Waals surface area contributed by atoms with E-state index in [1.807, 2.05) is 6.92 Å². The van der Waals surface area contributed by atoms with Crippen molar-refractivity contribution in [2.75, 3.05) is 6.61 Å². The number of carbonyl (C=O) groups is 1. The monoisotopic (exact) mass is 183 g/mol. The summed E-state index contributed by atoms with van der Waals surface area (Å²) in [5.41, 5.74) is 8.21. The average molecular weight is 183 g/mol. The van der Waals surface area contributed by atoms with E-state index in [-0.39, 0.29) is 12.3 Å². The van der Waals surface area contributed by atoms with E-state index in [0.29, 0.717) is 6.42 Å². The number of carbonyl (C=O) groups excluding carboxylic acids is 1. The molecule has 0 aliphatic carbocycles. The molecule has 0 radical (unpaired) electrons. The number of nitrogens with zero attached hydrogens (tertiary/aromatic N) is 3. The lowest BCUT2D eigenvalue weighted by Gasteiger charge is -1.99. The maximum absolute atomic E-state index is 11.1. The molecular formula is C8H13N3O2. The highest BCUT2D eigenvalue weighted by molar-refractivity contribution is 5.87. The standard InChI is InChI=1S/C8H13N3O2/c1-3-5-6-7(10-11-9)8(12)13-4-2/h6H,3-5H2,1-2H3/b7-6-. The van der Waals surface area contributed by atoms with Crippen LogP contribution in [0.5, 0.6) is 0 Å². The molecule has 0 aromatic heterocycles. The van der Waals surface area contributed by atoms with Crippen LogP contribution in [0.15, 0.2) is 16.9 Å². The quantitative estimate of drug-likeness (QED) is 0.216. The maximum Gasteiger partial charge on any atom is 0.340 e. The number of rotatable bonds is 5. The fourth-order valence-electron chi connectivity index (χ4n) is 0.699. The molecule has 0 amide bonds. The van der Waals surface area contributed by atoms with E-state index in [1.54, 1.807) is 13.0 Å². The molecule has 13 heavy (non-hydrogen) atoms. The molecule has 0 saturated heterocycles. The minimum absolute atomic E-state index is 0.0474. The number of esters is 1.